The van der Waals surface area contributed by atoms with Crippen LogP contribution in [0.3, 0.4) is 0 Å². The van der Waals surface area contributed by atoms with E-state index in [1.54, 1.807) is 17.9 Å². The summed E-state index contributed by atoms with van der Waals surface area (Å²) in [6, 6.07) is 17.9. The summed E-state index contributed by atoms with van der Waals surface area (Å²) in [6.45, 7) is 5.48. The Morgan fingerprint density at radius 1 is 1.20 bits per heavy atom. The summed E-state index contributed by atoms with van der Waals surface area (Å²) in [5.41, 5.74) is 3.03. The van der Waals surface area contributed by atoms with Crippen molar-refractivity contribution in [3.63, 3.8) is 0 Å². The van der Waals surface area contributed by atoms with Gasteiger partial charge in [-0.05, 0) is 37.4 Å². The molecule has 1 aromatic heterocycles. The third kappa shape index (κ3) is 4.42. The van der Waals surface area contributed by atoms with E-state index >= 15 is 0 Å². The minimum atomic E-state index is -0.0785. The largest absolute Gasteiger partial charge is 0.360 e. The van der Waals surface area contributed by atoms with Gasteiger partial charge < -0.3 is 9.42 Å². The van der Waals surface area contributed by atoms with E-state index in [0.717, 1.165) is 26.1 Å². The standard InChI is InChI=1S/C24H26ClN3O2/c1-17-22(23(26-30-17)20-10-6-7-11-21(20)25)24(29)27(2)14-19-12-13-28(16-19)15-18-8-4-3-5-9-18/h3-11,19H,12-16H2,1-2H3. The van der Waals surface area contributed by atoms with Crippen molar-refractivity contribution < 1.29 is 9.32 Å². The summed E-state index contributed by atoms with van der Waals surface area (Å²) >= 11 is 6.33. The molecule has 5 nitrogen and oxygen atoms in total. The maximum atomic E-state index is 13.3. The lowest BCUT2D eigenvalue weighted by Gasteiger charge is -2.22. The molecule has 1 atom stereocenters. The van der Waals surface area contributed by atoms with E-state index in [2.05, 4.69) is 34.3 Å². The van der Waals surface area contributed by atoms with Crippen molar-refractivity contribution in [2.24, 2.45) is 5.92 Å². The molecule has 0 bridgehead atoms. The minimum Gasteiger partial charge on any atom is -0.360 e. The van der Waals surface area contributed by atoms with Crippen LogP contribution < -0.4 is 0 Å². The molecule has 0 spiro atoms. The number of aromatic nitrogens is 1. The molecule has 3 aromatic rings. The van der Waals surface area contributed by atoms with E-state index < -0.39 is 0 Å². The minimum absolute atomic E-state index is 0.0785. The first-order valence-electron chi connectivity index (χ1n) is 10.3. The predicted molar refractivity (Wildman–Crippen MR) is 118 cm³/mol. The van der Waals surface area contributed by atoms with Crippen LogP contribution in [0.1, 0.15) is 28.1 Å². The molecular weight excluding hydrogens is 398 g/mol. The SMILES string of the molecule is Cc1onc(-c2ccccc2Cl)c1C(=O)N(C)CC1CCN(Cc2ccccc2)C1. The van der Waals surface area contributed by atoms with Crippen LogP contribution in [0.4, 0.5) is 0 Å². The van der Waals surface area contributed by atoms with Gasteiger partial charge in [-0.1, -0.05) is 65.3 Å². The highest BCUT2D eigenvalue weighted by atomic mass is 35.5. The molecule has 0 radical (unpaired) electrons. The van der Waals surface area contributed by atoms with Crippen molar-refractivity contribution in [1.29, 1.82) is 0 Å². The maximum absolute atomic E-state index is 13.3. The zero-order chi connectivity index (χ0) is 21.1. The van der Waals surface area contributed by atoms with Crippen molar-refractivity contribution in [1.82, 2.24) is 15.0 Å². The molecule has 2 heterocycles. The molecule has 1 aliphatic rings. The van der Waals surface area contributed by atoms with Crippen LogP contribution in [-0.4, -0.2) is 47.5 Å². The van der Waals surface area contributed by atoms with Crippen molar-refractivity contribution in [2.45, 2.75) is 19.9 Å². The first-order chi connectivity index (χ1) is 14.5. The van der Waals surface area contributed by atoms with Gasteiger partial charge in [0.1, 0.15) is 17.0 Å². The lowest BCUT2D eigenvalue weighted by Crippen LogP contribution is -2.33. The molecular formula is C24H26ClN3O2. The fourth-order valence-electron chi connectivity index (χ4n) is 4.17. The smallest absolute Gasteiger partial charge is 0.259 e. The average molecular weight is 424 g/mol. The van der Waals surface area contributed by atoms with Crippen molar-refractivity contribution in [3.8, 4) is 11.3 Å². The zero-order valence-corrected chi connectivity index (χ0v) is 18.1. The van der Waals surface area contributed by atoms with Crippen LogP contribution in [0, 0.1) is 12.8 Å². The Morgan fingerprint density at radius 2 is 1.93 bits per heavy atom. The molecule has 6 heteroatoms. The fourth-order valence-corrected chi connectivity index (χ4v) is 4.39. The van der Waals surface area contributed by atoms with Crippen LogP contribution in [0.2, 0.25) is 5.02 Å². The highest BCUT2D eigenvalue weighted by Crippen LogP contribution is 2.32. The van der Waals surface area contributed by atoms with Gasteiger partial charge in [-0.25, -0.2) is 0 Å². The molecule has 0 aliphatic carbocycles. The summed E-state index contributed by atoms with van der Waals surface area (Å²) in [6.07, 6.45) is 1.09. The summed E-state index contributed by atoms with van der Waals surface area (Å²) in [5, 5.41) is 4.68. The van der Waals surface area contributed by atoms with Crippen LogP contribution in [0.25, 0.3) is 11.3 Å². The number of benzene rings is 2. The van der Waals surface area contributed by atoms with E-state index in [1.807, 2.05) is 31.3 Å². The molecule has 1 saturated heterocycles. The Morgan fingerprint density at radius 3 is 2.70 bits per heavy atom. The summed E-state index contributed by atoms with van der Waals surface area (Å²) in [5.74, 6) is 0.885. The number of carbonyl (C=O) groups excluding carboxylic acids is 1. The number of amides is 1. The molecule has 30 heavy (non-hydrogen) atoms. The lowest BCUT2D eigenvalue weighted by atomic mass is 10.0. The van der Waals surface area contributed by atoms with Crippen molar-refractivity contribution in [2.75, 3.05) is 26.7 Å². The Balaban J connectivity index is 1.43. The Labute approximate surface area is 182 Å². The van der Waals surface area contributed by atoms with E-state index in [0.29, 0.717) is 40.1 Å². The average Bonchev–Trinajstić information content (AvgIpc) is 3.34. The molecule has 4 rings (SSSR count). The van der Waals surface area contributed by atoms with Crippen LogP contribution in [0.5, 0.6) is 0 Å². The third-order valence-electron chi connectivity index (χ3n) is 5.70. The van der Waals surface area contributed by atoms with Gasteiger partial charge in [0.25, 0.3) is 5.91 Å². The molecule has 1 amide bonds. The summed E-state index contributed by atoms with van der Waals surface area (Å²) in [4.78, 5) is 17.5. The van der Waals surface area contributed by atoms with Gasteiger partial charge in [0.05, 0.1) is 5.02 Å². The summed E-state index contributed by atoms with van der Waals surface area (Å²) in [7, 11) is 1.85. The molecule has 1 unspecified atom stereocenters. The normalized spacial score (nSPS) is 16.7. The molecule has 1 fully saturated rings. The number of hydrogen-bond donors (Lipinski definition) is 0. The number of aryl methyl sites for hydroxylation is 1. The third-order valence-corrected chi connectivity index (χ3v) is 6.03. The second kappa shape index (κ2) is 9.02. The highest BCUT2D eigenvalue weighted by molar-refractivity contribution is 6.33. The fraction of sp³-hybridized carbons (Fsp3) is 0.333. The van der Waals surface area contributed by atoms with E-state index in [1.165, 1.54) is 5.56 Å². The summed E-state index contributed by atoms with van der Waals surface area (Å²) < 4.78 is 5.37. The highest BCUT2D eigenvalue weighted by Gasteiger charge is 2.29. The first-order valence-corrected chi connectivity index (χ1v) is 10.6. The van der Waals surface area contributed by atoms with Crippen LogP contribution in [-0.2, 0) is 6.54 Å². The van der Waals surface area contributed by atoms with Gasteiger partial charge in [0.2, 0.25) is 0 Å². The number of carbonyl (C=O) groups is 1. The van der Waals surface area contributed by atoms with Gasteiger partial charge in [-0.15, -0.1) is 0 Å². The van der Waals surface area contributed by atoms with Gasteiger partial charge in [0.15, 0.2) is 0 Å². The monoisotopic (exact) mass is 423 g/mol. The number of likely N-dealkylation sites (tertiary alicyclic amines) is 1. The number of rotatable bonds is 6. The van der Waals surface area contributed by atoms with Gasteiger partial charge in [0, 0.05) is 32.2 Å². The van der Waals surface area contributed by atoms with Gasteiger partial charge in [-0.2, -0.15) is 0 Å². The maximum Gasteiger partial charge on any atom is 0.259 e. The Kier molecular flexibility index (Phi) is 6.21. The zero-order valence-electron chi connectivity index (χ0n) is 17.3. The van der Waals surface area contributed by atoms with Crippen molar-refractivity contribution >= 4 is 17.5 Å². The van der Waals surface area contributed by atoms with Crippen molar-refractivity contribution in [3.05, 3.63) is 76.5 Å². The topological polar surface area (TPSA) is 49.6 Å². The van der Waals surface area contributed by atoms with Gasteiger partial charge >= 0.3 is 0 Å². The van der Waals surface area contributed by atoms with Gasteiger partial charge in [-0.3, -0.25) is 9.69 Å². The second-order valence-electron chi connectivity index (χ2n) is 8.00. The molecule has 2 aromatic carbocycles. The molecule has 156 valence electrons. The predicted octanol–water partition coefficient (Wildman–Crippen LogP) is 4.90. The Bertz CT molecular complexity index is 1020. The number of hydrogen-bond acceptors (Lipinski definition) is 4. The molecule has 0 saturated carbocycles. The van der Waals surface area contributed by atoms with Crippen LogP contribution >= 0.6 is 11.6 Å². The number of nitrogens with zero attached hydrogens (tertiary/aromatic N) is 3. The molecule has 1 aliphatic heterocycles. The van der Waals surface area contributed by atoms with E-state index in [9.17, 15) is 4.79 Å². The second-order valence-corrected chi connectivity index (χ2v) is 8.41. The van der Waals surface area contributed by atoms with E-state index in [-0.39, 0.29) is 5.91 Å². The first kappa shape index (κ1) is 20.6. The number of halogens is 1. The van der Waals surface area contributed by atoms with E-state index in [4.69, 9.17) is 16.1 Å². The lowest BCUT2D eigenvalue weighted by molar-refractivity contribution is 0.0772. The molecule has 0 N–H and O–H groups in total. The Hall–Kier alpha value is -2.63. The van der Waals surface area contributed by atoms with Crippen LogP contribution in [0.15, 0.2) is 59.1 Å². The quantitative estimate of drug-likeness (QED) is 0.566.